The second kappa shape index (κ2) is 7.49. The van der Waals surface area contributed by atoms with Gasteiger partial charge in [-0.2, -0.15) is 5.10 Å². The number of hydrogen-bond acceptors (Lipinski definition) is 5. The van der Waals surface area contributed by atoms with Crippen LogP contribution in [0.25, 0.3) is 5.65 Å². The Hall–Kier alpha value is -3.33. The Bertz CT molecular complexity index is 951. The largest absolute Gasteiger partial charge is 0.491 e. The van der Waals surface area contributed by atoms with Gasteiger partial charge < -0.3 is 14.4 Å². The van der Waals surface area contributed by atoms with Crippen molar-refractivity contribution in [1.82, 2.24) is 14.6 Å². The predicted molar refractivity (Wildman–Crippen MR) is 95.9 cm³/mol. The molecule has 0 N–H and O–H groups in total. The Balaban J connectivity index is 1.88. The van der Waals surface area contributed by atoms with Crippen molar-refractivity contribution in [2.45, 2.75) is 6.42 Å². The molecule has 0 aliphatic heterocycles. The average molecular weight is 334 g/mol. The summed E-state index contributed by atoms with van der Waals surface area (Å²) in [6.07, 6.45) is 4.63. The summed E-state index contributed by atoms with van der Waals surface area (Å²) in [5.74, 6) is 6.97. The number of carbonyl (C=O) groups is 1. The third kappa shape index (κ3) is 3.78. The van der Waals surface area contributed by atoms with Crippen LogP contribution in [0.15, 0.2) is 42.7 Å². The van der Waals surface area contributed by atoms with Gasteiger partial charge in [-0.1, -0.05) is 5.92 Å². The summed E-state index contributed by atoms with van der Waals surface area (Å²) in [6.45, 7) is 0.364. The number of aldehydes is 1. The van der Waals surface area contributed by atoms with Gasteiger partial charge in [0.15, 0.2) is 5.65 Å². The van der Waals surface area contributed by atoms with Crippen molar-refractivity contribution in [3.8, 4) is 17.6 Å². The first-order valence-electron chi connectivity index (χ1n) is 7.87. The molecule has 0 aliphatic rings. The second-order valence-corrected chi connectivity index (χ2v) is 5.57. The highest BCUT2D eigenvalue weighted by atomic mass is 16.5. The fourth-order valence-corrected chi connectivity index (χ4v) is 2.33. The van der Waals surface area contributed by atoms with E-state index in [2.05, 4.69) is 21.9 Å². The number of imidazole rings is 1. The molecule has 126 valence electrons. The number of anilines is 1. The van der Waals surface area contributed by atoms with Crippen molar-refractivity contribution in [2.24, 2.45) is 0 Å². The molecule has 2 heterocycles. The van der Waals surface area contributed by atoms with Gasteiger partial charge in [0.05, 0.1) is 18.5 Å². The normalized spacial score (nSPS) is 10.2. The Labute approximate surface area is 146 Å². The molecule has 6 nitrogen and oxygen atoms in total. The summed E-state index contributed by atoms with van der Waals surface area (Å²) in [4.78, 5) is 16.7. The van der Waals surface area contributed by atoms with E-state index in [1.807, 2.05) is 49.3 Å². The van der Waals surface area contributed by atoms with Crippen LogP contribution in [0.5, 0.6) is 5.75 Å². The first-order chi connectivity index (χ1) is 12.2. The molecule has 0 radical (unpaired) electrons. The Morgan fingerprint density at radius 2 is 2.16 bits per heavy atom. The molecule has 0 saturated heterocycles. The van der Waals surface area contributed by atoms with E-state index in [0.717, 1.165) is 34.6 Å². The molecule has 0 aliphatic carbocycles. The van der Waals surface area contributed by atoms with E-state index >= 15 is 0 Å². The molecule has 0 bridgehead atoms. The zero-order valence-corrected chi connectivity index (χ0v) is 14.1. The standard InChI is InChI=1S/C19H18N4O2/c1-22(2)17-13-15(7-9-18(17)25-12-4-11-24)6-8-16-14-20-19-5-3-10-21-23(16)19/h3,5,7,9-11,13-14H,4,12H2,1-2H3. The molecule has 0 saturated carbocycles. The minimum Gasteiger partial charge on any atom is -0.491 e. The lowest BCUT2D eigenvalue weighted by Crippen LogP contribution is -2.11. The third-order valence-electron chi connectivity index (χ3n) is 3.55. The van der Waals surface area contributed by atoms with Crippen molar-refractivity contribution in [1.29, 1.82) is 0 Å². The third-order valence-corrected chi connectivity index (χ3v) is 3.55. The van der Waals surface area contributed by atoms with Gasteiger partial charge in [-0.15, -0.1) is 0 Å². The number of aromatic nitrogens is 3. The fraction of sp³-hybridized carbons (Fsp3) is 0.211. The molecule has 3 rings (SSSR count). The number of benzene rings is 1. The molecular weight excluding hydrogens is 316 g/mol. The second-order valence-electron chi connectivity index (χ2n) is 5.57. The number of hydrogen-bond donors (Lipinski definition) is 0. The first kappa shape index (κ1) is 16.5. The number of ether oxygens (including phenoxy) is 1. The van der Waals surface area contributed by atoms with Crippen LogP contribution in [0.2, 0.25) is 0 Å². The van der Waals surface area contributed by atoms with Gasteiger partial charge in [-0.3, -0.25) is 0 Å². The lowest BCUT2D eigenvalue weighted by molar-refractivity contribution is -0.108. The number of rotatable bonds is 5. The van der Waals surface area contributed by atoms with Gasteiger partial charge in [0.25, 0.3) is 0 Å². The molecule has 0 spiro atoms. The Morgan fingerprint density at radius 1 is 1.28 bits per heavy atom. The van der Waals surface area contributed by atoms with E-state index < -0.39 is 0 Å². The summed E-state index contributed by atoms with van der Waals surface area (Å²) in [5.41, 5.74) is 3.26. The lowest BCUT2D eigenvalue weighted by atomic mass is 10.1. The van der Waals surface area contributed by atoms with Crippen LogP contribution in [0.1, 0.15) is 17.7 Å². The number of nitrogens with zero attached hydrogens (tertiary/aromatic N) is 4. The maximum absolute atomic E-state index is 10.4. The van der Waals surface area contributed by atoms with Crippen LogP contribution in [0.3, 0.4) is 0 Å². The van der Waals surface area contributed by atoms with Crippen LogP contribution in [0, 0.1) is 11.8 Å². The molecule has 0 atom stereocenters. The molecule has 0 fully saturated rings. The molecule has 3 aromatic rings. The number of fused-ring (bicyclic) bond motifs is 1. The van der Waals surface area contributed by atoms with Gasteiger partial charge in [-0.05, 0) is 36.3 Å². The van der Waals surface area contributed by atoms with Gasteiger partial charge in [0.1, 0.15) is 17.7 Å². The van der Waals surface area contributed by atoms with Crippen LogP contribution < -0.4 is 9.64 Å². The predicted octanol–water partition coefficient (Wildman–Crippen LogP) is 2.16. The zero-order chi connectivity index (χ0) is 17.6. The van der Waals surface area contributed by atoms with E-state index in [4.69, 9.17) is 4.74 Å². The van der Waals surface area contributed by atoms with Crippen molar-refractivity contribution >= 4 is 17.6 Å². The maximum atomic E-state index is 10.4. The molecule has 2 aromatic heterocycles. The molecule has 25 heavy (non-hydrogen) atoms. The summed E-state index contributed by atoms with van der Waals surface area (Å²) in [5, 5.41) is 4.25. The summed E-state index contributed by atoms with van der Waals surface area (Å²) in [7, 11) is 3.88. The van der Waals surface area contributed by atoms with Gasteiger partial charge in [0, 0.05) is 32.3 Å². The topological polar surface area (TPSA) is 59.7 Å². The first-order valence-corrected chi connectivity index (χ1v) is 7.87. The van der Waals surface area contributed by atoms with Crippen molar-refractivity contribution in [3.63, 3.8) is 0 Å². The van der Waals surface area contributed by atoms with Crippen molar-refractivity contribution < 1.29 is 9.53 Å². The lowest BCUT2D eigenvalue weighted by Gasteiger charge is -2.17. The smallest absolute Gasteiger partial charge is 0.154 e. The summed E-state index contributed by atoms with van der Waals surface area (Å²) in [6, 6.07) is 9.45. The maximum Gasteiger partial charge on any atom is 0.154 e. The van der Waals surface area contributed by atoms with E-state index in [-0.39, 0.29) is 0 Å². The Morgan fingerprint density at radius 3 is 2.96 bits per heavy atom. The average Bonchev–Trinajstić information content (AvgIpc) is 3.04. The molecule has 0 unspecified atom stereocenters. The molecule has 0 amide bonds. The highest BCUT2D eigenvalue weighted by Gasteiger charge is 2.07. The van der Waals surface area contributed by atoms with E-state index in [9.17, 15) is 4.79 Å². The highest BCUT2D eigenvalue weighted by Crippen LogP contribution is 2.28. The quantitative estimate of drug-likeness (QED) is 0.406. The fourth-order valence-electron chi connectivity index (χ4n) is 2.33. The van der Waals surface area contributed by atoms with Gasteiger partial charge in [-0.25, -0.2) is 9.50 Å². The van der Waals surface area contributed by atoms with Gasteiger partial charge in [0.2, 0.25) is 0 Å². The SMILES string of the molecule is CN(C)c1cc(C#Cc2cnc3cccnn23)ccc1OCCC=O. The minimum absolute atomic E-state index is 0.364. The number of carbonyl (C=O) groups excluding carboxylic acids is 1. The van der Waals surface area contributed by atoms with Crippen LogP contribution in [-0.2, 0) is 4.79 Å². The zero-order valence-electron chi connectivity index (χ0n) is 14.1. The molecular formula is C19H18N4O2. The van der Waals surface area contributed by atoms with Crippen LogP contribution in [-0.4, -0.2) is 41.6 Å². The molecule has 6 heteroatoms. The van der Waals surface area contributed by atoms with E-state index in [1.54, 1.807) is 16.9 Å². The minimum atomic E-state index is 0.364. The summed E-state index contributed by atoms with van der Waals surface area (Å²) >= 11 is 0. The van der Waals surface area contributed by atoms with Crippen LogP contribution in [0.4, 0.5) is 5.69 Å². The summed E-state index contributed by atoms with van der Waals surface area (Å²) < 4.78 is 7.36. The van der Waals surface area contributed by atoms with Gasteiger partial charge >= 0.3 is 0 Å². The van der Waals surface area contributed by atoms with Crippen molar-refractivity contribution in [2.75, 3.05) is 25.6 Å². The van der Waals surface area contributed by atoms with Crippen LogP contribution >= 0.6 is 0 Å². The Kier molecular flexibility index (Phi) is 4.95. The monoisotopic (exact) mass is 334 g/mol. The van der Waals surface area contributed by atoms with E-state index in [0.29, 0.717) is 13.0 Å². The molecule has 1 aromatic carbocycles. The van der Waals surface area contributed by atoms with Crippen molar-refractivity contribution in [3.05, 3.63) is 54.0 Å². The highest BCUT2D eigenvalue weighted by molar-refractivity contribution is 5.62. The van der Waals surface area contributed by atoms with E-state index in [1.165, 1.54) is 0 Å².